The van der Waals surface area contributed by atoms with Crippen LogP contribution in [0.5, 0.6) is 0 Å². The zero-order valence-corrected chi connectivity index (χ0v) is 11.2. The molecule has 2 heteroatoms. The molecule has 0 bridgehead atoms. The first-order valence-corrected chi connectivity index (χ1v) is 9.66. The summed E-state index contributed by atoms with van der Waals surface area (Å²) in [5.41, 5.74) is 0. The summed E-state index contributed by atoms with van der Waals surface area (Å²) in [5.74, 6) is 0. The van der Waals surface area contributed by atoms with Crippen molar-refractivity contribution in [1.29, 1.82) is 0 Å². The summed E-state index contributed by atoms with van der Waals surface area (Å²) in [6, 6.07) is 15.0. The Hall–Kier alpha value is -0.213. The van der Waals surface area contributed by atoms with E-state index in [0.717, 1.165) is 0 Å². The lowest BCUT2D eigenvalue weighted by molar-refractivity contribution is 1.22. The van der Waals surface area contributed by atoms with Gasteiger partial charge in [0.2, 0.25) is 0 Å². The Morgan fingerprint density at radius 3 is 1.86 bits per heavy atom. The second-order valence-electron chi connectivity index (χ2n) is 3.66. The monoisotopic (exact) mass is 224 g/mol. The lowest BCUT2D eigenvalue weighted by Gasteiger charge is -2.26. The molecule has 0 aliphatic rings. The lowest BCUT2D eigenvalue weighted by Crippen LogP contribution is -2.26. The number of hydrogen-bond donors (Lipinski definition) is 0. The number of benzene rings is 1. The Bertz CT molecular complexity index is 246. The van der Waals surface area contributed by atoms with Crippen molar-refractivity contribution in [3.8, 4) is 0 Å². The quantitative estimate of drug-likeness (QED) is 0.648. The van der Waals surface area contributed by atoms with Crippen molar-refractivity contribution in [3.05, 3.63) is 30.3 Å². The van der Waals surface area contributed by atoms with E-state index in [4.69, 9.17) is 0 Å². The van der Waals surface area contributed by atoms with Crippen molar-refractivity contribution < 1.29 is 0 Å². The highest BCUT2D eigenvalue weighted by Crippen LogP contribution is 2.37. The first-order chi connectivity index (χ1) is 6.76. The van der Waals surface area contributed by atoms with Crippen molar-refractivity contribution in [1.82, 2.24) is 0 Å². The molecule has 0 saturated carbocycles. The zero-order valence-electron chi connectivity index (χ0n) is 9.42. The van der Waals surface area contributed by atoms with Crippen LogP contribution in [0.1, 0.15) is 20.8 Å². The third-order valence-electron chi connectivity index (χ3n) is 3.01. The van der Waals surface area contributed by atoms with Crippen LogP contribution in [0.4, 0.5) is 0 Å². The summed E-state index contributed by atoms with van der Waals surface area (Å²) < 4.78 is 0. The second kappa shape index (κ2) is 5.62. The summed E-state index contributed by atoms with van der Waals surface area (Å²) in [7, 11) is -1.04. The maximum Gasteiger partial charge on any atom is 0.122 e. The van der Waals surface area contributed by atoms with Crippen LogP contribution in [0.25, 0.3) is 0 Å². The van der Waals surface area contributed by atoms with Gasteiger partial charge in [-0.1, -0.05) is 57.1 Å². The molecule has 1 aromatic carbocycles. The molecule has 0 fully saturated rings. The topological polar surface area (TPSA) is 0 Å². The summed E-state index contributed by atoms with van der Waals surface area (Å²) >= 11 is 2.18. The molecule has 0 aromatic heterocycles. The maximum absolute atomic E-state index is 2.36. The van der Waals surface area contributed by atoms with E-state index in [1.165, 1.54) is 23.0 Å². The van der Waals surface area contributed by atoms with Crippen molar-refractivity contribution >= 4 is 18.4 Å². The molecule has 0 heterocycles. The van der Waals surface area contributed by atoms with Gasteiger partial charge in [-0.3, -0.25) is 0 Å². The normalized spacial score (nSPS) is 11.6. The first kappa shape index (κ1) is 11.9. The van der Waals surface area contributed by atoms with Gasteiger partial charge in [0.15, 0.2) is 0 Å². The van der Waals surface area contributed by atoms with Gasteiger partial charge in [-0.25, -0.2) is 0 Å². The van der Waals surface area contributed by atoms with Crippen LogP contribution in [0.15, 0.2) is 35.2 Å². The minimum atomic E-state index is -1.04. The van der Waals surface area contributed by atoms with Gasteiger partial charge >= 0.3 is 0 Å². The summed E-state index contributed by atoms with van der Waals surface area (Å²) in [4.78, 5) is 1.46. The molecule has 0 unspecified atom stereocenters. The zero-order chi connectivity index (χ0) is 10.4. The minimum absolute atomic E-state index is 1.04. The second-order valence-corrected chi connectivity index (χ2v) is 12.0. The molecule has 0 aliphatic heterocycles. The molecule has 0 aliphatic carbocycles. The van der Waals surface area contributed by atoms with Crippen molar-refractivity contribution in [2.45, 2.75) is 43.8 Å². The van der Waals surface area contributed by atoms with Gasteiger partial charge in [0.05, 0.1) is 0 Å². The summed E-state index contributed by atoms with van der Waals surface area (Å²) in [6.45, 7) is 7.07. The van der Waals surface area contributed by atoms with E-state index in [0.29, 0.717) is 0 Å². The van der Waals surface area contributed by atoms with Gasteiger partial charge in [-0.2, -0.15) is 11.2 Å². The van der Waals surface area contributed by atoms with E-state index in [9.17, 15) is 0 Å². The molecule has 0 spiro atoms. The molecule has 14 heavy (non-hydrogen) atoms. The molecular formula is C12H20SSi. The van der Waals surface area contributed by atoms with Crippen LogP contribution in [0, 0.1) is 0 Å². The largest absolute Gasteiger partial charge is 0.151 e. The highest BCUT2D eigenvalue weighted by atomic mass is 32.4. The third kappa shape index (κ3) is 2.89. The summed E-state index contributed by atoms with van der Waals surface area (Å²) in [5, 5.41) is 0. The molecule has 0 atom stereocenters. The Kier molecular flexibility index (Phi) is 4.76. The Labute approximate surface area is 92.8 Å². The molecule has 0 nitrogen and oxygen atoms in total. The smallest absolute Gasteiger partial charge is 0.122 e. The molecule has 0 saturated heterocycles. The third-order valence-corrected chi connectivity index (χ3v) is 12.4. The van der Waals surface area contributed by atoms with E-state index < -0.39 is 7.22 Å². The molecule has 0 N–H and O–H groups in total. The average molecular weight is 224 g/mol. The van der Waals surface area contributed by atoms with Crippen molar-refractivity contribution in [3.63, 3.8) is 0 Å². The fourth-order valence-electron chi connectivity index (χ4n) is 1.71. The van der Waals surface area contributed by atoms with E-state index in [1.807, 2.05) is 0 Å². The van der Waals surface area contributed by atoms with E-state index >= 15 is 0 Å². The van der Waals surface area contributed by atoms with Crippen LogP contribution >= 0.6 is 11.2 Å². The minimum Gasteiger partial charge on any atom is -0.151 e. The average Bonchev–Trinajstić information content (AvgIpc) is 2.28. The Balaban J connectivity index is 2.74. The molecule has 1 aromatic rings. The standard InChI is InChI=1S/C12H20SSi/c1-4-14(5-2,6-3)13-12-10-8-7-9-11-12/h7-11H,4-6H2,1-3H3. The first-order valence-electron chi connectivity index (χ1n) is 5.50. The van der Waals surface area contributed by atoms with Gasteiger partial charge in [0.1, 0.15) is 7.22 Å². The van der Waals surface area contributed by atoms with Crippen LogP contribution in [0.2, 0.25) is 18.1 Å². The molecule has 0 amide bonds. The fraction of sp³-hybridized carbons (Fsp3) is 0.500. The van der Waals surface area contributed by atoms with Crippen molar-refractivity contribution in [2.24, 2.45) is 0 Å². The van der Waals surface area contributed by atoms with Gasteiger partial charge in [-0.15, -0.1) is 0 Å². The summed E-state index contributed by atoms with van der Waals surface area (Å²) in [6.07, 6.45) is 0. The van der Waals surface area contributed by atoms with Crippen LogP contribution < -0.4 is 0 Å². The SMILES string of the molecule is CC[Si](CC)(CC)Sc1ccccc1. The van der Waals surface area contributed by atoms with Crippen LogP contribution in [-0.4, -0.2) is 7.22 Å². The van der Waals surface area contributed by atoms with Crippen LogP contribution in [-0.2, 0) is 0 Å². The predicted octanol–water partition coefficient (Wildman–Crippen LogP) is 4.78. The predicted molar refractivity (Wildman–Crippen MR) is 69.5 cm³/mol. The highest BCUT2D eigenvalue weighted by Gasteiger charge is 2.27. The molecule has 0 radical (unpaired) electrons. The molecule has 1 rings (SSSR count). The fourth-order valence-corrected chi connectivity index (χ4v) is 7.64. The van der Waals surface area contributed by atoms with Gasteiger partial charge in [-0.05, 0) is 12.1 Å². The highest BCUT2D eigenvalue weighted by molar-refractivity contribution is 8.29. The van der Waals surface area contributed by atoms with E-state index in [-0.39, 0.29) is 0 Å². The Morgan fingerprint density at radius 2 is 1.43 bits per heavy atom. The molecular weight excluding hydrogens is 204 g/mol. The number of rotatable bonds is 5. The lowest BCUT2D eigenvalue weighted by atomic mass is 10.4. The van der Waals surface area contributed by atoms with Crippen molar-refractivity contribution in [2.75, 3.05) is 0 Å². The van der Waals surface area contributed by atoms with Gasteiger partial charge in [0, 0.05) is 4.90 Å². The van der Waals surface area contributed by atoms with Crippen LogP contribution in [0.3, 0.4) is 0 Å². The maximum atomic E-state index is 2.36. The Morgan fingerprint density at radius 1 is 0.929 bits per heavy atom. The van der Waals surface area contributed by atoms with E-state index in [1.54, 1.807) is 0 Å². The van der Waals surface area contributed by atoms with Gasteiger partial charge < -0.3 is 0 Å². The van der Waals surface area contributed by atoms with Gasteiger partial charge in [0.25, 0.3) is 0 Å². The number of hydrogen-bond acceptors (Lipinski definition) is 1. The van der Waals surface area contributed by atoms with E-state index in [2.05, 4.69) is 62.3 Å². The molecule has 78 valence electrons.